The predicted molar refractivity (Wildman–Crippen MR) is 64.5 cm³/mol. The van der Waals surface area contributed by atoms with Gasteiger partial charge in [-0.15, -0.1) is 0 Å². The molecule has 2 aromatic heterocycles. The number of nitrogens with zero attached hydrogens (tertiary/aromatic N) is 3. The van der Waals surface area contributed by atoms with Crippen molar-refractivity contribution < 1.29 is 4.63 Å². The summed E-state index contributed by atoms with van der Waals surface area (Å²) < 4.78 is 6.77. The summed E-state index contributed by atoms with van der Waals surface area (Å²) in [6, 6.07) is 7.92. The third-order valence-corrected chi connectivity index (χ3v) is 2.86. The summed E-state index contributed by atoms with van der Waals surface area (Å²) in [5.74, 6) is 0. The molecule has 0 aliphatic carbocycles. The molecule has 5 nitrogen and oxygen atoms in total. The minimum absolute atomic E-state index is 0.641. The first kappa shape index (κ1) is 9.89. The fourth-order valence-corrected chi connectivity index (χ4v) is 1.89. The number of aromatic nitrogens is 3. The Morgan fingerprint density at radius 1 is 1.29 bits per heavy atom. The quantitative estimate of drug-likeness (QED) is 0.681. The summed E-state index contributed by atoms with van der Waals surface area (Å²) in [6.45, 7) is 2.52. The fourth-order valence-electron chi connectivity index (χ4n) is 1.89. The van der Waals surface area contributed by atoms with E-state index < -0.39 is 0 Å². The number of hydrogen-bond acceptors (Lipinski definition) is 4. The van der Waals surface area contributed by atoms with E-state index in [0.717, 1.165) is 28.0 Å². The predicted octanol–water partition coefficient (Wildman–Crippen LogP) is 1.96. The van der Waals surface area contributed by atoms with Crippen LogP contribution in [0.4, 0.5) is 5.69 Å². The van der Waals surface area contributed by atoms with Gasteiger partial charge in [-0.25, -0.2) is 4.63 Å². The van der Waals surface area contributed by atoms with Crippen LogP contribution < -0.4 is 5.73 Å². The van der Waals surface area contributed by atoms with Crippen LogP contribution in [0.1, 0.15) is 11.4 Å². The number of nitrogen functional groups attached to an aromatic ring is 1. The molecule has 3 aromatic rings. The Bertz CT molecular complexity index is 668. The Hall–Kier alpha value is -2.30. The number of fused-ring (bicyclic) bond motifs is 1. The maximum absolute atomic E-state index is 5.80. The maximum atomic E-state index is 5.80. The number of nitrogens with two attached hydrogens (primary N) is 1. The third-order valence-electron chi connectivity index (χ3n) is 2.86. The van der Waals surface area contributed by atoms with Crippen LogP contribution in [0.15, 0.2) is 35.1 Å². The van der Waals surface area contributed by atoms with E-state index in [1.165, 1.54) is 0 Å². The molecule has 2 N–H and O–H groups in total. The van der Waals surface area contributed by atoms with Gasteiger partial charge in [-0.1, -0.05) is 16.4 Å². The van der Waals surface area contributed by atoms with Crippen molar-refractivity contribution in [3.05, 3.63) is 41.9 Å². The zero-order chi connectivity index (χ0) is 11.8. The van der Waals surface area contributed by atoms with Gasteiger partial charge in [0.05, 0.1) is 12.1 Å². The molecule has 0 atom stereocenters. The average Bonchev–Trinajstić information content (AvgIpc) is 2.88. The van der Waals surface area contributed by atoms with Gasteiger partial charge in [0.1, 0.15) is 11.4 Å². The van der Waals surface area contributed by atoms with Gasteiger partial charge in [0, 0.05) is 11.9 Å². The van der Waals surface area contributed by atoms with Gasteiger partial charge in [0.15, 0.2) is 0 Å². The van der Waals surface area contributed by atoms with Crippen molar-refractivity contribution in [2.45, 2.75) is 13.5 Å². The zero-order valence-electron chi connectivity index (χ0n) is 9.42. The number of anilines is 1. The smallest absolute Gasteiger partial charge is 0.127 e. The molecule has 2 heterocycles. The molecule has 1 aromatic carbocycles. The lowest BCUT2D eigenvalue weighted by molar-refractivity contribution is 0.300. The first-order chi connectivity index (χ1) is 8.24. The highest BCUT2D eigenvalue weighted by molar-refractivity contribution is 5.83. The van der Waals surface area contributed by atoms with E-state index in [1.807, 2.05) is 31.3 Å². The molecule has 0 radical (unpaired) electrons. The average molecular weight is 228 g/mol. The van der Waals surface area contributed by atoms with E-state index in [-0.39, 0.29) is 0 Å². The zero-order valence-corrected chi connectivity index (χ0v) is 9.42. The molecule has 3 rings (SSSR count). The Balaban J connectivity index is 2.06. The Labute approximate surface area is 97.8 Å². The lowest BCUT2D eigenvalue weighted by atomic mass is 10.2. The first-order valence-electron chi connectivity index (χ1n) is 5.36. The lowest BCUT2D eigenvalue weighted by Crippen LogP contribution is -2.00. The van der Waals surface area contributed by atoms with Crippen molar-refractivity contribution in [2.75, 3.05) is 5.73 Å². The monoisotopic (exact) mass is 228 g/mol. The second-order valence-electron chi connectivity index (χ2n) is 4.06. The molecule has 0 spiro atoms. The Kier molecular flexibility index (Phi) is 2.11. The highest BCUT2D eigenvalue weighted by Gasteiger charge is 2.08. The van der Waals surface area contributed by atoms with Crippen LogP contribution >= 0.6 is 0 Å². The van der Waals surface area contributed by atoms with Gasteiger partial charge in [-0.3, -0.25) is 0 Å². The summed E-state index contributed by atoms with van der Waals surface area (Å²) in [5, 5.41) is 8.81. The van der Waals surface area contributed by atoms with Crippen LogP contribution in [0.2, 0.25) is 0 Å². The molecular weight excluding hydrogens is 216 g/mol. The van der Waals surface area contributed by atoms with Crippen LogP contribution in [0.25, 0.3) is 10.9 Å². The van der Waals surface area contributed by atoms with Gasteiger partial charge in [0.25, 0.3) is 0 Å². The van der Waals surface area contributed by atoms with E-state index in [9.17, 15) is 0 Å². The van der Waals surface area contributed by atoms with Crippen molar-refractivity contribution in [2.24, 2.45) is 0 Å². The third kappa shape index (κ3) is 1.65. The molecule has 0 aliphatic heterocycles. The van der Waals surface area contributed by atoms with Gasteiger partial charge < -0.3 is 10.3 Å². The molecule has 0 fully saturated rings. The number of benzene rings is 1. The highest BCUT2D eigenvalue weighted by atomic mass is 16.6. The molecule has 0 saturated carbocycles. The van der Waals surface area contributed by atoms with Crippen molar-refractivity contribution in [1.82, 2.24) is 14.9 Å². The number of hydrogen-bond donors (Lipinski definition) is 1. The van der Waals surface area contributed by atoms with Crippen molar-refractivity contribution >= 4 is 16.6 Å². The molecule has 0 amide bonds. The lowest BCUT2D eigenvalue weighted by Gasteiger charge is -2.03. The van der Waals surface area contributed by atoms with Gasteiger partial charge >= 0.3 is 0 Å². The molecule has 0 saturated heterocycles. The van der Waals surface area contributed by atoms with E-state index in [0.29, 0.717) is 6.54 Å². The second-order valence-corrected chi connectivity index (χ2v) is 4.06. The summed E-state index contributed by atoms with van der Waals surface area (Å²) >= 11 is 0. The minimum atomic E-state index is 0.641. The first-order valence-corrected chi connectivity index (χ1v) is 5.36. The molecule has 0 aliphatic rings. The van der Waals surface area contributed by atoms with E-state index >= 15 is 0 Å². The molecule has 0 bridgehead atoms. The second kappa shape index (κ2) is 3.62. The summed E-state index contributed by atoms with van der Waals surface area (Å²) in [4.78, 5) is 0. The van der Waals surface area contributed by atoms with E-state index in [4.69, 9.17) is 10.4 Å². The largest absolute Gasteiger partial charge is 0.399 e. The standard InChI is InChI=1S/C12H12N4O/c1-8-11(15-17-14-8)7-16-5-4-9-2-3-10(13)6-12(9)16/h2-6H,7,13H2,1H3. The van der Waals surface area contributed by atoms with Crippen molar-refractivity contribution in [1.29, 1.82) is 0 Å². The van der Waals surface area contributed by atoms with Crippen LogP contribution in [-0.2, 0) is 6.54 Å². The van der Waals surface area contributed by atoms with Crippen LogP contribution in [-0.4, -0.2) is 14.9 Å². The van der Waals surface area contributed by atoms with E-state index in [1.54, 1.807) is 0 Å². The summed E-state index contributed by atoms with van der Waals surface area (Å²) in [6.07, 6.45) is 2.01. The van der Waals surface area contributed by atoms with Crippen molar-refractivity contribution in [3.63, 3.8) is 0 Å². The van der Waals surface area contributed by atoms with Gasteiger partial charge in [-0.2, -0.15) is 0 Å². The van der Waals surface area contributed by atoms with Gasteiger partial charge in [-0.05, 0) is 30.5 Å². The van der Waals surface area contributed by atoms with Crippen LogP contribution in [0.3, 0.4) is 0 Å². The molecule has 17 heavy (non-hydrogen) atoms. The molecule has 86 valence electrons. The summed E-state index contributed by atoms with van der Waals surface area (Å²) in [5.41, 5.74) is 9.30. The Morgan fingerprint density at radius 2 is 2.18 bits per heavy atom. The number of rotatable bonds is 2. The number of aryl methyl sites for hydroxylation is 1. The van der Waals surface area contributed by atoms with Crippen molar-refractivity contribution in [3.8, 4) is 0 Å². The SMILES string of the molecule is Cc1nonc1Cn1ccc2ccc(N)cc21. The fraction of sp³-hybridized carbons (Fsp3) is 0.167. The minimum Gasteiger partial charge on any atom is -0.399 e. The summed E-state index contributed by atoms with van der Waals surface area (Å²) in [7, 11) is 0. The molecule has 5 heteroatoms. The van der Waals surface area contributed by atoms with Gasteiger partial charge in [0.2, 0.25) is 0 Å². The maximum Gasteiger partial charge on any atom is 0.127 e. The van der Waals surface area contributed by atoms with Crippen LogP contribution in [0, 0.1) is 6.92 Å². The van der Waals surface area contributed by atoms with E-state index in [2.05, 4.69) is 20.9 Å². The topological polar surface area (TPSA) is 69.9 Å². The highest BCUT2D eigenvalue weighted by Crippen LogP contribution is 2.20. The normalized spacial score (nSPS) is 11.1. The molecular formula is C12H12N4O. The van der Waals surface area contributed by atoms with Crippen LogP contribution in [0.5, 0.6) is 0 Å². The molecule has 0 unspecified atom stereocenters. The Morgan fingerprint density at radius 3 is 2.94 bits per heavy atom.